The van der Waals surface area contributed by atoms with Crippen LogP contribution in [0, 0.1) is 20.8 Å². The van der Waals surface area contributed by atoms with E-state index in [0.29, 0.717) is 12.2 Å². The summed E-state index contributed by atoms with van der Waals surface area (Å²) in [4.78, 5) is 12.0. The zero-order valence-corrected chi connectivity index (χ0v) is 12.5. The molecule has 0 bridgehead atoms. The zero-order chi connectivity index (χ0) is 15.0. The van der Waals surface area contributed by atoms with Crippen LogP contribution in [0.25, 0.3) is 11.0 Å². The largest absolute Gasteiger partial charge is 0.385 e. The number of aromatic amines is 1. The Kier molecular flexibility index (Phi) is 3.47. The van der Waals surface area contributed by atoms with E-state index in [1.807, 2.05) is 38.1 Å². The van der Waals surface area contributed by atoms with Crippen molar-refractivity contribution in [2.75, 3.05) is 0 Å². The minimum absolute atomic E-state index is 0.465. The Balaban J connectivity index is 1.89. The van der Waals surface area contributed by atoms with Gasteiger partial charge in [-0.25, -0.2) is 4.98 Å². The highest BCUT2D eigenvalue weighted by atomic mass is 16.3. The summed E-state index contributed by atoms with van der Waals surface area (Å²) in [7, 11) is 0. The maximum absolute atomic E-state index is 10.4. The second-order valence-electron chi connectivity index (χ2n) is 5.56. The number of fused-ring (bicyclic) bond motifs is 1. The van der Waals surface area contributed by atoms with Crippen LogP contribution in [0.3, 0.4) is 0 Å². The van der Waals surface area contributed by atoms with Gasteiger partial charge in [0, 0.05) is 18.3 Å². The fourth-order valence-corrected chi connectivity index (χ4v) is 2.48. The van der Waals surface area contributed by atoms with E-state index in [0.717, 1.165) is 22.3 Å². The monoisotopic (exact) mass is 281 g/mol. The van der Waals surface area contributed by atoms with E-state index in [4.69, 9.17) is 0 Å². The number of pyridine rings is 1. The number of aliphatic hydroxyl groups excluding tert-OH is 1. The van der Waals surface area contributed by atoms with Crippen LogP contribution < -0.4 is 0 Å². The molecular weight excluding hydrogens is 262 g/mol. The van der Waals surface area contributed by atoms with Gasteiger partial charge in [0.2, 0.25) is 0 Å². The van der Waals surface area contributed by atoms with Crippen molar-refractivity contribution in [3.8, 4) is 0 Å². The lowest BCUT2D eigenvalue weighted by molar-refractivity contribution is 0.168. The predicted molar refractivity (Wildman–Crippen MR) is 83.2 cm³/mol. The molecule has 21 heavy (non-hydrogen) atoms. The van der Waals surface area contributed by atoms with Crippen LogP contribution >= 0.6 is 0 Å². The van der Waals surface area contributed by atoms with Crippen LogP contribution in [0.15, 0.2) is 30.5 Å². The van der Waals surface area contributed by atoms with Gasteiger partial charge in [-0.05, 0) is 55.7 Å². The molecular formula is C17H19N3O. The van der Waals surface area contributed by atoms with Crippen LogP contribution in [0.1, 0.15) is 34.3 Å². The second kappa shape index (κ2) is 5.30. The van der Waals surface area contributed by atoms with E-state index in [1.54, 1.807) is 6.20 Å². The smallest absolute Gasteiger partial charge is 0.136 e. The molecule has 0 spiro atoms. The third-order valence-electron chi connectivity index (χ3n) is 3.94. The third-order valence-corrected chi connectivity index (χ3v) is 3.94. The Labute approximate surface area is 123 Å². The normalized spacial score (nSPS) is 12.8. The van der Waals surface area contributed by atoms with Crippen LogP contribution in [0.2, 0.25) is 0 Å². The van der Waals surface area contributed by atoms with Gasteiger partial charge in [0.05, 0.1) is 11.0 Å². The van der Waals surface area contributed by atoms with Gasteiger partial charge in [-0.15, -0.1) is 0 Å². The molecule has 0 saturated heterocycles. The molecule has 0 saturated carbocycles. The van der Waals surface area contributed by atoms with Crippen LogP contribution in [0.5, 0.6) is 0 Å². The van der Waals surface area contributed by atoms with Crippen molar-refractivity contribution in [2.45, 2.75) is 33.3 Å². The number of H-pyrrole nitrogens is 1. The lowest BCUT2D eigenvalue weighted by atomic mass is 10.0. The Morgan fingerprint density at radius 1 is 1.19 bits per heavy atom. The average molecular weight is 281 g/mol. The highest BCUT2D eigenvalue weighted by molar-refractivity contribution is 5.75. The lowest BCUT2D eigenvalue weighted by Crippen LogP contribution is -2.07. The summed E-state index contributed by atoms with van der Waals surface area (Å²) < 4.78 is 0. The van der Waals surface area contributed by atoms with Gasteiger partial charge in [-0.2, -0.15) is 0 Å². The number of imidazole rings is 1. The highest BCUT2D eigenvalue weighted by Crippen LogP contribution is 2.21. The molecule has 2 aromatic heterocycles. The van der Waals surface area contributed by atoms with E-state index in [2.05, 4.69) is 21.9 Å². The van der Waals surface area contributed by atoms with Crippen LogP contribution in [-0.4, -0.2) is 20.1 Å². The van der Waals surface area contributed by atoms with Crippen molar-refractivity contribution in [3.05, 3.63) is 58.7 Å². The maximum atomic E-state index is 10.4. The number of hydrogen-bond acceptors (Lipinski definition) is 3. The Morgan fingerprint density at radius 3 is 2.81 bits per heavy atom. The van der Waals surface area contributed by atoms with Crippen molar-refractivity contribution in [3.63, 3.8) is 0 Å². The first-order valence-corrected chi connectivity index (χ1v) is 7.10. The molecule has 2 N–H and O–H groups in total. The molecule has 108 valence electrons. The summed E-state index contributed by atoms with van der Waals surface area (Å²) in [6.07, 6.45) is 1.57. The summed E-state index contributed by atoms with van der Waals surface area (Å²) in [5.74, 6) is 0.596. The number of nitrogens with zero attached hydrogens (tertiary/aromatic N) is 2. The summed E-state index contributed by atoms with van der Waals surface area (Å²) in [5.41, 5.74) is 6.24. The Morgan fingerprint density at radius 2 is 2.00 bits per heavy atom. The summed E-state index contributed by atoms with van der Waals surface area (Å²) >= 11 is 0. The van der Waals surface area contributed by atoms with Gasteiger partial charge in [0.15, 0.2) is 0 Å². The molecule has 1 atom stereocenters. The maximum Gasteiger partial charge on any atom is 0.136 e. The molecule has 0 aliphatic carbocycles. The quantitative estimate of drug-likeness (QED) is 0.775. The van der Waals surface area contributed by atoms with Gasteiger partial charge >= 0.3 is 0 Å². The molecule has 1 aromatic carbocycles. The standard InChI is InChI=1S/C17H19N3O/c1-10-4-5-13-15(8-10)20-17(19-13)16(21)9-14-12(3)11(2)6-7-18-14/h4-8,16,21H,9H2,1-3H3,(H,19,20). The Hall–Kier alpha value is -2.20. The molecule has 4 heteroatoms. The van der Waals surface area contributed by atoms with Crippen LogP contribution in [0.4, 0.5) is 0 Å². The van der Waals surface area contributed by atoms with E-state index in [-0.39, 0.29) is 0 Å². The molecule has 3 rings (SSSR count). The molecule has 0 amide bonds. The molecule has 0 radical (unpaired) electrons. The first kappa shape index (κ1) is 13.8. The zero-order valence-electron chi connectivity index (χ0n) is 12.5. The molecule has 1 unspecified atom stereocenters. The molecule has 0 aliphatic rings. The number of nitrogens with one attached hydrogen (secondary N) is 1. The number of aromatic nitrogens is 3. The number of aryl methyl sites for hydroxylation is 2. The molecule has 2 heterocycles. The lowest BCUT2D eigenvalue weighted by Gasteiger charge is -2.10. The Bertz CT molecular complexity index is 792. The summed E-state index contributed by atoms with van der Waals surface area (Å²) in [6, 6.07) is 8.00. The third kappa shape index (κ3) is 2.67. The van der Waals surface area contributed by atoms with Crippen molar-refractivity contribution in [1.29, 1.82) is 0 Å². The van der Waals surface area contributed by atoms with Crippen molar-refractivity contribution in [2.24, 2.45) is 0 Å². The fourth-order valence-electron chi connectivity index (χ4n) is 2.48. The van der Waals surface area contributed by atoms with E-state index < -0.39 is 6.10 Å². The minimum Gasteiger partial charge on any atom is -0.385 e. The molecule has 0 fully saturated rings. The second-order valence-corrected chi connectivity index (χ2v) is 5.56. The van der Waals surface area contributed by atoms with Gasteiger partial charge in [0.25, 0.3) is 0 Å². The SMILES string of the molecule is Cc1ccc2nc(C(O)Cc3nccc(C)c3C)[nH]c2c1. The summed E-state index contributed by atoms with van der Waals surface area (Å²) in [6.45, 7) is 6.12. The molecule has 4 nitrogen and oxygen atoms in total. The van der Waals surface area contributed by atoms with E-state index in [9.17, 15) is 5.11 Å². The summed E-state index contributed by atoms with van der Waals surface area (Å²) in [5, 5.41) is 10.4. The number of aliphatic hydroxyl groups is 1. The first-order valence-electron chi connectivity index (χ1n) is 7.10. The predicted octanol–water partition coefficient (Wildman–Crippen LogP) is 3.16. The number of benzene rings is 1. The highest BCUT2D eigenvalue weighted by Gasteiger charge is 2.15. The molecule has 3 aromatic rings. The van der Waals surface area contributed by atoms with Gasteiger partial charge in [0.1, 0.15) is 11.9 Å². The van der Waals surface area contributed by atoms with E-state index >= 15 is 0 Å². The minimum atomic E-state index is -0.675. The topological polar surface area (TPSA) is 61.8 Å². The van der Waals surface area contributed by atoms with Gasteiger partial charge < -0.3 is 10.1 Å². The molecule has 0 aliphatic heterocycles. The number of hydrogen-bond donors (Lipinski definition) is 2. The van der Waals surface area contributed by atoms with Gasteiger partial charge in [-0.3, -0.25) is 4.98 Å². The van der Waals surface area contributed by atoms with E-state index in [1.165, 1.54) is 11.1 Å². The average Bonchev–Trinajstić information content (AvgIpc) is 2.87. The number of rotatable bonds is 3. The first-order chi connectivity index (χ1) is 10.0. The van der Waals surface area contributed by atoms with Crippen LogP contribution in [-0.2, 0) is 6.42 Å². The van der Waals surface area contributed by atoms with Crippen molar-refractivity contribution in [1.82, 2.24) is 15.0 Å². The van der Waals surface area contributed by atoms with Gasteiger partial charge in [-0.1, -0.05) is 6.07 Å². The fraction of sp³-hybridized carbons (Fsp3) is 0.294. The van der Waals surface area contributed by atoms with Crippen molar-refractivity contribution < 1.29 is 5.11 Å². The van der Waals surface area contributed by atoms with Crippen molar-refractivity contribution >= 4 is 11.0 Å².